The second kappa shape index (κ2) is 11.0. The van der Waals surface area contributed by atoms with Crippen molar-refractivity contribution in [2.45, 2.75) is 39.7 Å². The number of nitrogens with zero attached hydrogens (tertiary/aromatic N) is 2. The van der Waals surface area contributed by atoms with Gasteiger partial charge in [-0.1, -0.05) is 51.1 Å². The molecule has 6 heteroatoms. The van der Waals surface area contributed by atoms with Crippen LogP contribution < -0.4 is 5.32 Å². The fourth-order valence-corrected chi connectivity index (χ4v) is 2.81. The molecule has 1 aromatic carbocycles. The van der Waals surface area contributed by atoms with Gasteiger partial charge in [-0.25, -0.2) is 13.6 Å². The van der Waals surface area contributed by atoms with Gasteiger partial charge in [0.05, 0.1) is 12.6 Å². The molecule has 1 N–H and O–H groups in total. The first-order valence-electron chi connectivity index (χ1n) is 8.63. The highest BCUT2D eigenvalue weighted by molar-refractivity contribution is 5.74. The summed E-state index contributed by atoms with van der Waals surface area (Å²) in [5.41, 5.74) is 1.11. The third kappa shape index (κ3) is 6.43. The molecule has 0 heterocycles. The molecule has 0 aliphatic carbocycles. The van der Waals surface area contributed by atoms with Gasteiger partial charge in [-0.2, -0.15) is 0 Å². The minimum absolute atomic E-state index is 0.0279. The van der Waals surface area contributed by atoms with Crippen LogP contribution in [0.15, 0.2) is 30.3 Å². The maximum atomic E-state index is 12.6. The Labute approximate surface area is 143 Å². The van der Waals surface area contributed by atoms with Crippen LogP contribution >= 0.6 is 0 Å². The normalized spacial score (nSPS) is 12.5. The SMILES string of the molecule is CCCN(CC(F)F)C(=O)NCC(c1ccccc1)N(CC)CC. The second-order valence-electron chi connectivity index (χ2n) is 5.67. The minimum atomic E-state index is -2.52. The molecular formula is C18H29F2N3O. The van der Waals surface area contributed by atoms with Crippen LogP contribution in [0.2, 0.25) is 0 Å². The Hall–Kier alpha value is -1.69. The van der Waals surface area contributed by atoms with Gasteiger partial charge in [-0.15, -0.1) is 0 Å². The molecule has 1 unspecified atom stereocenters. The summed E-state index contributed by atoms with van der Waals surface area (Å²) in [5.74, 6) is 0. The fraction of sp³-hybridized carbons (Fsp3) is 0.611. The second-order valence-corrected chi connectivity index (χ2v) is 5.67. The lowest BCUT2D eigenvalue weighted by Crippen LogP contribution is -2.46. The van der Waals surface area contributed by atoms with Gasteiger partial charge in [0.15, 0.2) is 0 Å². The number of likely N-dealkylation sites (N-methyl/N-ethyl adjacent to an activating group) is 1. The molecule has 4 nitrogen and oxygen atoms in total. The van der Waals surface area contributed by atoms with Crippen molar-refractivity contribution in [1.29, 1.82) is 0 Å². The van der Waals surface area contributed by atoms with Gasteiger partial charge >= 0.3 is 6.03 Å². The van der Waals surface area contributed by atoms with Crippen LogP contribution in [0, 0.1) is 0 Å². The van der Waals surface area contributed by atoms with Gasteiger partial charge < -0.3 is 10.2 Å². The summed E-state index contributed by atoms with van der Waals surface area (Å²) >= 11 is 0. The highest BCUT2D eigenvalue weighted by atomic mass is 19.3. The molecule has 1 atom stereocenters. The van der Waals surface area contributed by atoms with Gasteiger partial charge in [0.25, 0.3) is 6.43 Å². The van der Waals surface area contributed by atoms with E-state index in [-0.39, 0.29) is 6.04 Å². The van der Waals surface area contributed by atoms with Gasteiger partial charge in [-0.3, -0.25) is 4.90 Å². The van der Waals surface area contributed by atoms with E-state index in [0.717, 1.165) is 18.7 Å². The van der Waals surface area contributed by atoms with Crippen LogP contribution in [-0.2, 0) is 0 Å². The van der Waals surface area contributed by atoms with E-state index in [4.69, 9.17) is 0 Å². The first-order valence-corrected chi connectivity index (χ1v) is 8.63. The number of rotatable bonds is 10. The molecule has 0 fully saturated rings. The van der Waals surface area contributed by atoms with Crippen molar-refractivity contribution < 1.29 is 13.6 Å². The van der Waals surface area contributed by atoms with E-state index in [1.807, 2.05) is 37.3 Å². The van der Waals surface area contributed by atoms with Gasteiger partial charge in [0, 0.05) is 13.1 Å². The molecular weight excluding hydrogens is 312 g/mol. The number of benzene rings is 1. The van der Waals surface area contributed by atoms with Crippen molar-refractivity contribution in [3.05, 3.63) is 35.9 Å². The van der Waals surface area contributed by atoms with Gasteiger partial charge in [-0.05, 0) is 25.1 Å². The Morgan fingerprint density at radius 1 is 1.12 bits per heavy atom. The van der Waals surface area contributed by atoms with Crippen LogP contribution in [-0.4, -0.2) is 55.0 Å². The number of carbonyl (C=O) groups excluding carboxylic acids is 1. The number of alkyl halides is 2. The van der Waals surface area contributed by atoms with Crippen molar-refractivity contribution in [3.63, 3.8) is 0 Å². The lowest BCUT2D eigenvalue weighted by atomic mass is 10.1. The number of nitrogens with one attached hydrogen (secondary N) is 1. The monoisotopic (exact) mass is 341 g/mol. The summed E-state index contributed by atoms with van der Waals surface area (Å²) in [6.07, 6.45) is -1.87. The van der Waals surface area contributed by atoms with E-state index < -0.39 is 19.0 Å². The Morgan fingerprint density at radius 3 is 2.25 bits per heavy atom. The molecule has 0 aliphatic rings. The molecule has 0 spiro atoms. The van der Waals surface area contributed by atoms with Gasteiger partial charge in [0.1, 0.15) is 0 Å². The third-order valence-corrected chi connectivity index (χ3v) is 4.02. The zero-order valence-corrected chi connectivity index (χ0v) is 14.8. The number of amides is 2. The average Bonchev–Trinajstić information content (AvgIpc) is 2.58. The molecule has 2 amide bonds. The van der Waals surface area contributed by atoms with Crippen molar-refractivity contribution >= 4 is 6.03 Å². The highest BCUT2D eigenvalue weighted by Crippen LogP contribution is 2.19. The summed E-state index contributed by atoms with van der Waals surface area (Å²) in [4.78, 5) is 15.7. The average molecular weight is 341 g/mol. The number of hydrogen-bond acceptors (Lipinski definition) is 2. The fourth-order valence-electron chi connectivity index (χ4n) is 2.81. The predicted molar refractivity (Wildman–Crippen MR) is 93.4 cm³/mol. The van der Waals surface area contributed by atoms with Crippen LogP contribution in [0.25, 0.3) is 0 Å². The standard InChI is InChI=1S/C18H29F2N3O/c1-4-12-23(14-17(19)20)18(24)21-13-16(22(5-2)6-3)15-10-8-7-9-11-15/h7-11,16-17H,4-6,12-14H2,1-3H3,(H,21,24). The summed E-state index contributed by atoms with van der Waals surface area (Å²) in [6.45, 7) is 7.91. The number of carbonyl (C=O) groups is 1. The maximum Gasteiger partial charge on any atom is 0.317 e. The molecule has 0 bridgehead atoms. The van der Waals surface area contributed by atoms with Crippen LogP contribution in [0.3, 0.4) is 0 Å². The lowest BCUT2D eigenvalue weighted by Gasteiger charge is -2.31. The van der Waals surface area contributed by atoms with Crippen molar-refractivity contribution in [2.24, 2.45) is 0 Å². The molecule has 0 aromatic heterocycles. The van der Waals surface area contributed by atoms with E-state index in [9.17, 15) is 13.6 Å². The number of halogens is 2. The third-order valence-electron chi connectivity index (χ3n) is 4.02. The Morgan fingerprint density at radius 2 is 1.75 bits per heavy atom. The largest absolute Gasteiger partial charge is 0.336 e. The smallest absolute Gasteiger partial charge is 0.317 e. The van der Waals surface area contributed by atoms with Crippen molar-refractivity contribution in [2.75, 3.05) is 32.7 Å². The first kappa shape index (κ1) is 20.4. The maximum absolute atomic E-state index is 12.6. The number of hydrogen-bond donors (Lipinski definition) is 1. The number of urea groups is 1. The zero-order chi connectivity index (χ0) is 17.9. The topological polar surface area (TPSA) is 35.6 Å². The van der Waals surface area contributed by atoms with Crippen LogP contribution in [0.4, 0.5) is 13.6 Å². The summed E-state index contributed by atoms with van der Waals surface area (Å²) in [7, 11) is 0. The van der Waals surface area contributed by atoms with E-state index >= 15 is 0 Å². The quantitative estimate of drug-likeness (QED) is 0.703. The highest BCUT2D eigenvalue weighted by Gasteiger charge is 2.21. The predicted octanol–water partition coefficient (Wildman–Crippen LogP) is 3.76. The van der Waals surface area contributed by atoms with Crippen LogP contribution in [0.5, 0.6) is 0 Å². The van der Waals surface area contributed by atoms with Crippen molar-refractivity contribution in [3.8, 4) is 0 Å². The summed E-state index contributed by atoms with van der Waals surface area (Å²) in [6, 6.07) is 9.54. The zero-order valence-electron chi connectivity index (χ0n) is 14.8. The van der Waals surface area contributed by atoms with Gasteiger partial charge in [0.2, 0.25) is 0 Å². The molecule has 0 radical (unpaired) electrons. The molecule has 1 aromatic rings. The summed E-state index contributed by atoms with van der Waals surface area (Å²) in [5, 5.41) is 2.83. The molecule has 1 rings (SSSR count). The molecule has 0 saturated carbocycles. The Balaban J connectivity index is 2.78. The molecule has 0 saturated heterocycles. The summed E-state index contributed by atoms with van der Waals surface area (Å²) < 4.78 is 25.3. The molecule has 0 aliphatic heterocycles. The first-order chi connectivity index (χ1) is 11.5. The van der Waals surface area contributed by atoms with E-state index in [1.54, 1.807) is 0 Å². The minimum Gasteiger partial charge on any atom is -0.336 e. The van der Waals surface area contributed by atoms with E-state index in [2.05, 4.69) is 24.1 Å². The van der Waals surface area contributed by atoms with Crippen LogP contribution in [0.1, 0.15) is 38.8 Å². The Kier molecular flexibility index (Phi) is 9.30. The lowest BCUT2D eigenvalue weighted by molar-refractivity contribution is 0.0972. The molecule has 24 heavy (non-hydrogen) atoms. The van der Waals surface area contributed by atoms with E-state index in [1.165, 1.54) is 4.90 Å². The van der Waals surface area contributed by atoms with Crippen molar-refractivity contribution in [1.82, 2.24) is 15.1 Å². The Bertz CT molecular complexity index is 467. The van der Waals surface area contributed by atoms with E-state index in [0.29, 0.717) is 19.5 Å². The molecule has 136 valence electrons.